The highest BCUT2D eigenvalue weighted by Crippen LogP contribution is 2.28. The zero-order chi connectivity index (χ0) is 15.2. The summed E-state index contributed by atoms with van der Waals surface area (Å²) in [6, 6.07) is 5.86. The smallest absolute Gasteiger partial charge is 0.227 e. The van der Waals surface area contributed by atoms with Crippen LogP contribution in [-0.2, 0) is 6.42 Å². The molecular weight excluding hydrogens is 271 g/mol. The lowest BCUT2D eigenvalue weighted by molar-refractivity contribution is 0.451. The van der Waals surface area contributed by atoms with E-state index in [4.69, 9.17) is 10.00 Å². The SMILES string of the molecule is CCNc1ncnc(Oc2ccc(C#N)c(F)c2)c1CC. The molecule has 0 fully saturated rings. The number of nitrogens with zero attached hydrogens (tertiary/aromatic N) is 3. The Kier molecular flexibility index (Phi) is 4.67. The maximum Gasteiger partial charge on any atom is 0.227 e. The average molecular weight is 286 g/mol. The van der Waals surface area contributed by atoms with Crippen molar-refractivity contribution < 1.29 is 9.13 Å². The molecule has 0 saturated carbocycles. The van der Waals surface area contributed by atoms with E-state index in [0.29, 0.717) is 23.9 Å². The highest BCUT2D eigenvalue weighted by Gasteiger charge is 2.12. The van der Waals surface area contributed by atoms with Crippen LogP contribution in [0.4, 0.5) is 10.2 Å². The minimum Gasteiger partial charge on any atom is -0.438 e. The minimum atomic E-state index is -0.617. The number of rotatable bonds is 5. The molecule has 1 aromatic carbocycles. The maximum absolute atomic E-state index is 13.6. The summed E-state index contributed by atoms with van der Waals surface area (Å²) < 4.78 is 19.2. The maximum atomic E-state index is 13.6. The summed E-state index contributed by atoms with van der Waals surface area (Å²) in [7, 11) is 0. The number of benzene rings is 1. The van der Waals surface area contributed by atoms with Gasteiger partial charge in [-0.2, -0.15) is 5.26 Å². The third kappa shape index (κ3) is 3.26. The highest BCUT2D eigenvalue weighted by molar-refractivity contribution is 5.50. The normalized spacial score (nSPS) is 10.0. The van der Waals surface area contributed by atoms with Crippen molar-refractivity contribution in [3.8, 4) is 17.7 Å². The van der Waals surface area contributed by atoms with Gasteiger partial charge in [0.2, 0.25) is 5.88 Å². The van der Waals surface area contributed by atoms with Crippen molar-refractivity contribution in [2.45, 2.75) is 20.3 Å². The number of aromatic nitrogens is 2. The van der Waals surface area contributed by atoms with Crippen molar-refractivity contribution in [2.75, 3.05) is 11.9 Å². The molecule has 0 saturated heterocycles. The average Bonchev–Trinajstić information content (AvgIpc) is 2.48. The highest BCUT2D eigenvalue weighted by atomic mass is 19.1. The van der Waals surface area contributed by atoms with E-state index in [1.165, 1.54) is 24.5 Å². The number of anilines is 1. The van der Waals surface area contributed by atoms with E-state index in [1.807, 2.05) is 13.8 Å². The number of nitrogens with one attached hydrogen (secondary N) is 1. The second kappa shape index (κ2) is 6.66. The summed E-state index contributed by atoms with van der Waals surface area (Å²) in [5.41, 5.74) is 0.804. The Bertz CT molecular complexity index is 682. The van der Waals surface area contributed by atoms with Crippen LogP contribution in [0.2, 0.25) is 0 Å². The van der Waals surface area contributed by atoms with E-state index in [9.17, 15) is 4.39 Å². The minimum absolute atomic E-state index is 0.0194. The van der Waals surface area contributed by atoms with Gasteiger partial charge >= 0.3 is 0 Å². The molecule has 0 aliphatic heterocycles. The van der Waals surface area contributed by atoms with Gasteiger partial charge < -0.3 is 10.1 Å². The fraction of sp³-hybridized carbons (Fsp3) is 0.267. The second-order valence-corrected chi connectivity index (χ2v) is 4.25. The number of nitriles is 1. The van der Waals surface area contributed by atoms with E-state index < -0.39 is 5.82 Å². The first-order valence-corrected chi connectivity index (χ1v) is 6.64. The Labute approximate surface area is 122 Å². The van der Waals surface area contributed by atoms with Crippen LogP contribution in [0.5, 0.6) is 11.6 Å². The van der Waals surface area contributed by atoms with Crippen molar-refractivity contribution in [3.63, 3.8) is 0 Å². The molecule has 0 unspecified atom stereocenters. The molecule has 5 nitrogen and oxygen atoms in total. The van der Waals surface area contributed by atoms with Crippen molar-refractivity contribution >= 4 is 5.82 Å². The molecule has 0 bridgehead atoms. The summed E-state index contributed by atoms with van der Waals surface area (Å²) in [5, 5.41) is 11.9. The molecule has 2 aromatic rings. The molecule has 6 heteroatoms. The molecule has 0 aliphatic carbocycles. The van der Waals surface area contributed by atoms with Crippen molar-refractivity contribution in [1.29, 1.82) is 5.26 Å². The van der Waals surface area contributed by atoms with Gasteiger partial charge in [-0.05, 0) is 25.5 Å². The molecule has 0 spiro atoms. The monoisotopic (exact) mass is 286 g/mol. The number of ether oxygens (including phenoxy) is 1. The Morgan fingerprint density at radius 2 is 2.14 bits per heavy atom. The molecule has 0 atom stereocenters. The van der Waals surface area contributed by atoms with Gasteiger partial charge in [0.05, 0.1) is 11.1 Å². The summed E-state index contributed by atoms with van der Waals surface area (Å²) in [4.78, 5) is 8.27. The van der Waals surface area contributed by atoms with Crippen molar-refractivity contribution in [2.24, 2.45) is 0 Å². The molecule has 1 aromatic heterocycles. The van der Waals surface area contributed by atoms with Crippen LogP contribution < -0.4 is 10.1 Å². The van der Waals surface area contributed by atoms with Gasteiger partial charge in [-0.1, -0.05) is 6.92 Å². The lowest BCUT2D eigenvalue weighted by Gasteiger charge is -2.12. The second-order valence-electron chi connectivity index (χ2n) is 4.25. The lowest BCUT2D eigenvalue weighted by Crippen LogP contribution is -2.05. The molecule has 1 N–H and O–H groups in total. The fourth-order valence-electron chi connectivity index (χ4n) is 1.88. The van der Waals surface area contributed by atoms with Crippen molar-refractivity contribution in [3.05, 3.63) is 41.5 Å². The molecule has 2 rings (SSSR count). The topological polar surface area (TPSA) is 70.8 Å². The Morgan fingerprint density at radius 3 is 2.76 bits per heavy atom. The van der Waals surface area contributed by atoms with Crippen LogP contribution in [0.3, 0.4) is 0 Å². The quantitative estimate of drug-likeness (QED) is 0.913. The van der Waals surface area contributed by atoms with E-state index in [-0.39, 0.29) is 5.56 Å². The number of halogens is 1. The number of hydrogen-bond donors (Lipinski definition) is 1. The van der Waals surface area contributed by atoms with Crippen LogP contribution in [0.1, 0.15) is 25.0 Å². The largest absolute Gasteiger partial charge is 0.438 e. The van der Waals surface area contributed by atoms with Crippen LogP contribution in [0, 0.1) is 17.1 Å². The third-order valence-electron chi connectivity index (χ3n) is 2.88. The van der Waals surface area contributed by atoms with E-state index >= 15 is 0 Å². The molecular formula is C15H15FN4O. The Balaban J connectivity index is 2.33. The molecule has 21 heavy (non-hydrogen) atoms. The van der Waals surface area contributed by atoms with Gasteiger partial charge in [0.1, 0.15) is 29.8 Å². The molecule has 0 radical (unpaired) electrons. The van der Waals surface area contributed by atoms with Crippen LogP contribution >= 0.6 is 0 Å². The van der Waals surface area contributed by atoms with Crippen LogP contribution in [0.25, 0.3) is 0 Å². The standard InChI is InChI=1S/C15H15FN4O/c1-3-12-14(18-4-2)19-9-20-15(12)21-11-6-5-10(8-17)13(16)7-11/h5-7,9H,3-4H2,1-2H3,(H,18,19,20). The van der Waals surface area contributed by atoms with Crippen molar-refractivity contribution in [1.82, 2.24) is 9.97 Å². The third-order valence-corrected chi connectivity index (χ3v) is 2.88. The van der Waals surface area contributed by atoms with Gasteiger partial charge in [-0.15, -0.1) is 0 Å². The summed E-state index contributed by atoms with van der Waals surface area (Å²) in [6.45, 7) is 4.67. The van der Waals surface area contributed by atoms with Gasteiger partial charge in [0.25, 0.3) is 0 Å². The van der Waals surface area contributed by atoms with Crippen LogP contribution in [-0.4, -0.2) is 16.5 Å². The predicted molar refractivity (Wildman–Crippen MR) is 76.8 cm³/mol. The first kappa shape index (κ1) is 14.7. The molecule has 0 aliphatic rings. The van der Waals surface area contributed by atoms with Gasteiger partial charge in [0.15, 0.2) is 0 Å². The van der Waals surface area contributed by atoms with Crippen LogP contribution in [0.15, 0.2) is 24.5 Å². The van der Waals surface area contributed by atoms with E-state index in [2.05, 4.69) is 15.3 Å². The zero-order valence-electron chi connectivity index (χ0n) is 11.9. The summed E-state index contributed by atoms with van der Waals surface area (Å²) >= 11 is 0. The number of hydrogen-bond acceptors (Lipinski definition) is 5. The van der Waals surface area contributed by atoms with E-state index in [0.717, 1.165) is 12.1 Å². The van der Waals surface area contributed by atoms with E-state index in [1.54, 1.807) is 6.07 Å². The molecule has 0 amide bonds. The van der Waals surface area contributed by atoms with Gasteiger partial charge in [-0.25, -0.2) is 14.4 Å². The fourth-order valence-corrected chi connectivity index (χ4v) is 1.88. The molecule has 108 valence electrons. The van der Waals surface area contributed by atoms with Gasteiger partial charge in [0, 0.05) is 12.6 Å². The zero-order valence-corrected chi connectivity index (χ0v) is 11.9. The Morgan fingerprint density at radius 1 is 1.33 bits per heavy atom. The summed E-state index contributed by atoms with van der Waals surface area (Å²) in [6.07, 6.45) is 2.07. The molecule has 1 heterocycles. The first-order valence-electron chi connectivity index (χ1n) is 6.64. The van der Waals surface area contributed by atoms with Gasteiger partial charge in [-0.3, -0.25) is 0 Å². The first-order chi connectivity index (χ1) is 10.2. The lowest BCUT2D eigenvalue weighted by atomic mass is 10.2. The Hall–Kier alpha value is -2.68. The summed E-state index contributed by atoms with van der Waals surface area (Å²) in [5.74, 6) is 0.767. The predicted octanol–water partition coefficient (Wildman–Crippen LogP) is 3.27.